The molecular weight excluding hydrogens is 234 g/mol. The van der Waals surface area contributed by atoms with Crippen molar-refractivity contribution in [3.05, 3.63) is 16.1 Å². The van der Waals surface area contributed by atoms with E-state index in [4.69, 9.17) is 0 Å². The third-order valence-electron chi connectivity index (χ3n) is 2.20. The van der Waals surface area contributed by atoms with Crippen LogP contribution in [0.5, 0.6) is 0 Å². The van der Waals surface area contributed by atoms with E-state index in [1.807, 2.05) is 29.3 Å². The molecule has 92 valence electrons. The van der Waals surface area contributed by atoms with Crippen LogP contribution in [0.1, 0.15) is 44.5 Å². The molecule has 16 heavy (non-hydrogen) atoms. The summed E-state index contributed by atoms with van der Waals surface area (Å²) in [5.74, 6) is 3.26. The van der Waals surface area contributed by atoms with Gasteiger partial charge in [-0.25, -0.2) is 4.98 Å². The van der Waals surface area contributed by atoms with Crippen LogP contribution in [0.2, 0.25) is 0 Å². The number of aromatic nitrogens is 1. The van der Waals surface area contributed by atoms with Gasteiger partial charge in [-0.3, -0.25) is 0 Å². The summed E-state index contributed by atoms with van der Waals surface area (Å²) >= 11 is 3.91. The van der Waals surface area contributed by atoms with Crippen molar-refractivity contribution in [2.75, 3.05) is 11.5 Å². The van der Waals surface area contributed by atoms with Gasteiger partial charge >= 0.3 is 0 Å². The number of hydrogen-bond donors (Lipinski definition) is 0. The van der Waals surface area contributed by atoms with Gasteiger partial charge in [-0.05, 0) is 22.8 Å². The van der Waals surface area contributed by atoms with Crippen LogP contribution >= 0.6 is 23.1 Å². The van der Waals surface area contributed by atoms with Gasteiger partial charge in [0.25, 0.3) is 0 Å². The fourth-order valence-corrected chi connectivity index (χ4v) is 3.33. The van der Waals surface area contributed by atoms with Crippen molar-refractivity contribution in [3.63, 3.8) is 0 Å². The molecular formula is C13H23NS2. The van der Waals surface area contributed by atoms with Gasteiger partial charge in [-0.2, -0.15) is 11.8 Å². The number of nitrogens with zero attached hydrogens (tertiary/aromatic N) is 1. The summed E-state index contributed by atoms with van der Waals surface area (Å²) in [5.41, 5.74) is 0.251. The van der Waals surface area contributed by atoms with E-state index >= 15 is 0 Å². The lowest BCUT2D eigenvalue weighted by atomic mass is 9.96. The molecule has 0 saturated carbocycles. The fraction of sp³-hybridized carbons (Fsp3) is 0.769. The van der Waals surface area contributed by atoms with Gasteiger partial charge < -0.3 is 0 Å². The average Bonchev–Trinajstić information content (AvgIpc) is 2.59. The van der Waals surface area contributed by atoms with E-state index in [-0.39, 0.29) is 5.41 Å². The van der Waals surface area contributed by atoms with Crippen molar-refractivity contribution in [2.45, 2.75) is 46.5 Å². The Bertz CT molecular complexity index is 310. The molecule has 0 aliphatic carbocycles. The minimum absolute atomic E-state index is 0.251. The Morgan fingerprint density at radius 1 is 1.38 bits per heavy atom. The number of thioether (sulfide) groups is 1. The first kappa shape index (κ1) is 14.0. The summed E-state index contributed by atoms with van der Waals surface area (Å²) in [6.45, 7) is 11.3. The molecule has 0 spiro atoms. The summed E-state index contributed by atoms with van der Waals surface area (Å²) in [6.07, 6.45) is 3.17. The Kier molecular flexibility index (Phi) is 5.32. The molecule has 0 amide bonds. The van der Waals surface area contributed by atoms with E-state index in [1.54, 1.807) is 0 Å². The third-order valence-corrected chi connectivity index (χ3v) is 5.08. The molecule has 0 N–H and O–H groups in total. The molecule has 1 rings (SSSR count). The smallest absolute Gasteiger partial charge is 0.0936 e. The summed E-state index contributed by atoms with van der Waals surface area (Å²) in [7, 11) is 0. The molecule has 3 heteroatoms. The molecule has 0 saturated heterocycles. The van der Waals surface area contributed by atoms with Crippen LogP contribution < -0.4 is 0 Å². The highest BCUT2D eigenvalue weighted by Crippen LogP contribution is 2.28. The Morgan fingerprint density at radius 2 is 2.06 bits per heavy atom. The van der Waals surface area contributed by atoms with Crippen molar-refractivity contribution in [1.82, 2.24) is 4.98 Å². The van der Waals surface area contributed by atoms with E-state index in [0.29, 0.717) is 0 Å². The van der Waals surface area contributed by atoms with E-state index in [9.17, 15) is 0 Å². The molecule has 0 aliphatic rings. The number of aryl methyl sites for hydroxylation is 1. The predicted octanol–water partition coefficient (Wildman–Crippen LogP) is 4.37. The molecule has 0 bridgehead atoms. The largest absolute Gasteiger partial charge is 0.249 e. The standard InChI is InChI=1S/C13H23NS2/c1-10(2)9-15-7-6-12-14-8-11(16-12)13(3,4)5/h8,10H,6-7,9H2,1-5H3. The minimum Gasteiger partial charge on any atom is -0.249 e. The first-order valence-corrected chi connectivity index (χ1v) is 7.89. The fourth-order valence-electron chi connectivity index (χ4n) is 1.25. The van der Waals surface area contributed by atoms with Crippen molar-refractivity contribution < 1.29 is 0 Å². The van der Waals surface area contributed by atoms with Crippen LogP contribution in [-0.2, 0) is 11.8 Å². The van der Waals surface area contributed by atoms with Crippen LogP contribution in [0.15, 0.2) is 6.20 Å². The lowest BCUT2D eigenvalue weighted by molar-refractivity contribution is 0.602. The number of hydrogen-bond acceptors (Lipinski definition) is 3. The highest BCUT2D eigenvalue weighted by Gasteiger charge is 2.16. The predicted molar refractivity (Wildman–Crippen MR) is 76.7 cm³/mol. The molecule has 1 aromatic rings. The monoisotopic (exact) mass is 257 g/mol. The highest BCUT2D eigenvalue weighted by molar-refractivity contribution is 7.99. The summed E-state index contributed by atoms with van der Waals surface area (Å²) in [5, 5.41) is 1.29. The topological polar surface area (TPSA) is 12.9 Å². The van der Waals surface area contributed by atoms with Crippen molar-refractivity contribution in [2.24, 2.45) is 5.92 Å². The Balaban J connectivity index is 2.36. The van der Waals surface area contributed by atoms with Crippen LogP contribution in [-0.4, -0.2) is 16.5 Å². The number of thiazole rings is 1. The van der Waals surface area contributed by atoms with Gasteiger partial charge in [-0.15, -0.1) is 11.3 Å². The van der Waals surface area contributed by atoms with Crippen LogP contribution in [0.4, 0.5) is 0 Å². The average molecular weight is 257 g/mol. The highest BCUT2D eigenvalue weighted by atomic mass is 32.2. The molecule has 0 atom stereocenters. The molecule has 1 heterocycles. The lowest BCUT2D eigenvalue weighted by Gasteiger charge is -2.14. The first-order valence-electron chi connectivity index (χ1n) is 5.92. The molecule has 0 aliphatic heterocycles. The Hall–Kier alpha value is -0.0200. The van der Waals surface area contributed by atoms with E-state index in [1.165, 1.54) is 21.4 Å². The maximum atomic E-state index is 4.50. The molecule has 1 nitrogen and oxygen atoms in total. The van der Waals surface area contributed by atoms with E-state index in [2.05, 4.69) is 39.6 Å². The minimum atomic E-state index is 0.251. The molecule has 0 unspecified atom stereocenters. The van der Waals surface area contributed by atoms with Gasteiger partial charge in [-0.1, -0.05) is 34.6 Å². The number of rotatable bonds is 5. The Morgan fingerprint density at radius 3 is 2.56 bits per heavy atom. The second-order valence-corrected chi connectivity index (χ2v) is 7.85. The zero-order chi connectivity index (χ0) is 12.2. The quantitative estimate of drug-likeness (QED) is 0.726. The maximum absolute atomic E-state index is 4.50. The van der Waals surface area contributed by atoms with Gasteiger partial charge in [0.2, 0.25) is 0 Å². The van der Waals surface area contributed by atoms with E-state index < -0.39 is 0 Å². The second-order valence-electron chi connectivity index (χ2n) is 5.59. The van der Waals surface area contributed by atoms with Crippen LogP contribution in [0, 0.1) is 5.92 Å². The molecule has 0 fully saturated rings. The summed E-state index contributed by atoms with van der Waals surface area (Å²) in [4.78, 5) is 5.90. The van der Waals surface area contributed by atoms with Crippen molar-refractivity contribution in [3.8, 4) is 0 Å². The third kappa shape index (κ3) is 4.88. The van der Waals surface area contributed by atoms with Crippen molar-refractivity contribution >= 4 is 23.1 Å². The SMILES string of the molecule is CC(C)CSCCc1ncc(C(C)(C)C)s1. The molecule has 0 aromatic carbocycles. The van der Waals surface area contributed by atoms with E-state index in [0.717, 1.165) is 12.3 Å². The lowest BCUT2D eigenvalue weighted by Crippen LogP contribution is -2.07. The van der Waals surface area contributed by atoms with Crippen LogP contribution in [0.25, 0.3) is 0 Å². The van der Waals surface area contributed by atoms with Gasteiger partial charge in [0.15, 0.2) is 0 Å². The van der Waals surface area contributed by atoms with Crippen LogP contribution in [0.3, 0.4) is 0 Å². The summed E-state index contributed by atoms with van der Waals surface area (Å²) in [6, 6.07) is 0. The van der Waals surface area contributed by atoms with Gasteiger partial charge in [0, 0.05) is 17.5 Å². The molecule has 0 radical (unpaired) electrons. The second kappa shape index (κ2) is 6.06. The molecule has 1 aromatic heterocycles. The maximum Gasteiger partial charge on any atom is 0.0936 e. The zero-order valence-electron chi connectivity index (χ0n) is 11.0. The van der Waals surface area contributed by atoms with Gasteiger partial charge in [0.05, 0.1) is 5.01 Å². The van der Waals surface area contributed by atoms with Gasteiger partial charge in [0.1, 0.15) is 0 Å². The van der Waals surface area contributed by atoms with Crippen molar-refractivity contribution in [1.29, 1.82) is 0 Å². The normalized spacial score (nSPS) is 12.4. The zero-order valence-corrected chi connectivity index (χ0v) is 12.7. The Labute approximate surface area is 108 Å². The first-order chi connectivity index (χ1) is 7.39. The summed E-state index contributed by atoms with van der Waals surface area (Å²) < 4.78 is 0.